The number of allylic oxidation sites excluding steroid dienone is 2. The largest absolute Gasteiger partial charge is 0.410 e. The third kappa shape index (κ3) is 5.94. The van der Waals surface area contributed by atoms with E-state index in [1.807, 2.05) is 6.07 Å². The van der Waals surface area contributed by atoms with Crippen LogP contribution in [0.4, 0.5) is 0 Å². The van der Waals surface area contributed by atoms with Gasteiger partial charge < -0.3 is 4.43 Å². The molecule has 0 saturated carbocycles. The van der Waals surface area contributed by atoms with Crippen LogP contribution in [0.2, 0.25) is 18.1 Å². The van der Waals surface area contributed by atoms with Crippen molar-refractivity contribution < 1.29 is 4.43 Å². The van der Waals surface area contributed by atoms with Crippen LogP contribution in [-0.2, 0) is 4.43 Å². The fourth-order valence-corrected chi connectivity index (χ4v) is 3.20. The molecule has 0 aromatic heterocycles. The van der Waals surface area contributed by atoms with Gasteiger partial charge in [0.25, 0.3) is 0 Å². The molecule has 122 valence electrons. The minimum atomic E-state index is -1.73. The van der Waals surface area contributed by atoms with Crippen LogP contribution in [0, 0.1) is 5.92 Å². The zero-order valence-electron chi connectivity index (χ0n) is 15.3. The molecule has 1 unspecified atom stereocenters. The molecule has 0 bridgehead atoms. The summed E-state index contributed by atoms with van der Waals surface area (Å²) in [4.78, 5) is 0. The molecule has 0 heterocycles. The lowest BCUT2D eigenvalue weighted by Crippen LogP contribution is -2.44. The Kier molecular flexibility index (Phi) is 6.83. The van der Waals surface area contributed by atoms with Crippen LogP contribution in [0.15, 0.2) is 48.6 Å². The monoisotopic (exact) mass is 316 g/mol. The summed E-state index contributed by atoms with van der Waals surface area (Å²) in [7, 11) is -1.73. The van der Waals surface area contributed by atoms with Crippen molar-refractivity contribution in [2.45, 2.75) is 58.9 Å². The summed E-state index contributed by atoms with van der Waals surface area (Å²) in [5.41, 5.74) is 1.22. The highest BCUT2D eigenvalue weighted by Gasteiger charge is 2.39. The average Bonchev–Trinajstić information content (AvgIpc) is 2.41. The summed E-state index contributed by atoms with van der Waals surface area (Å²) >= 11 is 0. The molecular weight excluding hydrogens is 284 g/mol. The molecule has 0 amide bonds. The third-order valence-electron chi connectivity index (χ3n) is 4.39. The summed E-state index contributed by atoms with van der Waals surface area (Å²) in [5.74, 6) is 0.482. The number of hydrogen-bond acceptors (Lipinski definition) is 1. The van der Waals surface area contributed by atoms with E-state index in [1.54, 1.807) is 0 Å². The number of hydrogen-bond donors (Lipinski definition) is 0. The Morgan fingerprint density at radius 1 is 1.00 bits per heavy atom. The fourth-order valence-electron chi connectivity index (χ4n) is 1.82. The molecule has 1 aromatic carbocycles. The number of benzene rings is 1. The van der Waals surface area contributed by atoms with Crippen molar-refractivity contribution in [2.24, 2.45) is 5.92 Å². The van der Waals surface area contributed by atoms with Gasteiger partial charge in [0.15, 0.2) is 8.32 Å². The van der Waals surface area contributed by atoms with Gasteiger partial charge in [-0.1, -0.05) is 89.3 Å². The van der Waals surface area contributed by atoms with E-state index in [0.29, 0.717) is 5.92 Å². The molecule has 1 aromatic rings. The first kappa shape index (κ1) is 18.9. The molecule has 2 heteroatoms. The Morgan fingerprint density at radius 2 is 1.59 bits per heavy atom. The summed E-state index contributed by atoms with van der Waals surface area (Å²) in [6.45, 7) is 15.9. The Balaban J connectivity index is 2.73. The average molecular weight is 317 g/mol. The molecule has 0 fully saturated rings. The quantitative estimate of drug-likeness (QED) is 0.442. The molecule has 0 saturated heterocycles. The van der Waals surface area contributed by atoms with E-state index in [1.165, 1.54) is 5.56 Å². The van der Waals surface area contributed by atoms with Crippen molar-refractivity contribution in [3.05, 3.63) is 54.1 Å². The van der Waals surface area contributed by atoms with E-state index >= 15 is 0 Å². The first-order chi connectivity index (χ1) is 10.1. The zero-order valence-corrected chi connectivity index (χ0v) is 16.3. The van der Waals surface area contributed by atoms with Crippen LogP contribution in [0.5, 0.6) is 0 Å². The topological polar surface area (TPSA) is 9.23 Å². The van der Waals surface area contributed by atoms with E-state index in [9.17, 15) is 0 Å². The smallest absolute Gasteiger partial charge is 0.192 e. The molecule has 1 atom stereocenters. The molecule has 0 radical (unpaired) electrons. The van der Waals surface area contributed by atoms with Gasteiger partial charge in [-0.25, -0.2) is 0 Å². The Bertz CT molecular complexity index is 492. The Hall–Kier alpha value is -1.12. The van der Waals surface area contributed by atoms with Gasteiger partial charge >= 0.3 is 0 Å². The summed E-state index contributed by atoms with van der Waals surface area (Å²) < 4.78 is 6.53. The molecule has 0 N–H and O–H groups in total. The number of rotatable bonds is 6. The second-order valence-electron chi connectivity index (χ2n) is 7.74. The van der Waals surface area contributed by atoms with Crippen LogP contribution in [0.3, 0.4) is 0 Å². The molecule has 0 spiro atoms. The molecule has 0 aliphatic rings. The molecule has 0 aliphatic carbocycles. The van der Waals surface area contributed by atoms with Gasteiger partial charge in [-0.3, -0.25) is 0 Å². The second kappa shape index (κ2) is 7.93. The maximum Gasteiger partial charge on any atom is 0.192 e. The van der Waals surface area contributed by atoms with E-state index in [0.717, 1.165) is 0 Å². The summed E-state index contributed by atoms with van der Waals surface area (Å²) in [6.07, 6.45) is 8.72. The van der Waals surface area contributed by atoms with Crippen molar-refractivity contribution in [3.8, 4) is 0 Å². The van der Waals surface area contributed by atoms with Gasteiger partial charge in [0, 0.05) is 0 Å². The highest BCUT2D eigenvalue weighted by Crippen LogP contribution is 2.38. The van der Waals surface area contributed by atoms with Crippen molar-refractivity contribution in [2.75, 3.05) is 0 Å². The van der Waals surface area contributed by atoms with Crippen molar-refractivity contribution in [3.63, 3.8) is 0 Å². The lowest BCUT2D eigenvalue weighted by atomic mass is 10.1. The van der Waals surface area contributed by atoms with E-state index in [4.69, 9.17) is 4.43 Å². The van der Waals surface area contributed by atoms with Crippen LogP contribution >= 0.6 is 0 Å². The highest BCUT2D eigenvalue weighted by molar-refractivity contribution is 6.74. The molecule has 22 heavy (non-hydrogen) atoms. The molecule has 1 rings (SSSR count). The van der Waals surface area contributed by atoms with E-state index in [2.05, 4.69) is 96.3 Å². The molecular formula is C20H32OSi. The van der Waals surface area contributed by atoms with Crippen LogP contribution < -0.4 is 0 Å². The first-order valence-corrected chi connectivity index (χ1v) is 11.1. The van der Waals surface area contributed by atoms with E-state index in [-0.39, 0.29) is 11.1 Å². The van der Waals surface area contributed by atoms with Gasteiger partial charge in [-0.15, -0.1) is 0 Å². The normalized spacial score (nSPS) is 15.1. The molecule has 1 nitrogen and oxygen atoms in total. The predicted octanol–water partition coefficient (Wildman–Crippen LogP) is 6.30. The fraction of sp³-hybridized carbons (Fsp3) is 0.500. The summed E-state index contributed by atoms with van der Waals surface area (Å²) in [6, 6.07) is 10.4. The van der Waals surface area contributed by atoms with Gasteiger partial charge in [0.05, 0.1) is 6.10 Å². The van der Waals surface area contributed by atoms with Crippen LogP contribution in [0.1, 0.15) is 40.2 Å². The second-order valence-corrected chi connectivity index (χ2v) is 12.5. The van der Waals surface area contributed by atoms with E-state index < -0.39 is 8.32 Å². The SMILES string of the molecule is CC(C)C(/C=C\C=C\c1ccccc1)O[Si](C)(C)C(C)(C)C. The minimum absolute atomic E-state index is 0.182. The standard InChI is InChI=1S/C20H32OSi/c1-17(2)19(21-22(6,7)20(3,4)5)16-12-11-15-18-13-9-8-10-14-18/h8-17,19H,1-7H3/b15-11+,16-12-. The summed E-state index contributed by atoms with van der Waals surface area (Å²) in [5, 5.41) is 0.244. The van der Waals surface area contributed by atoms with Crippen LogP contribution in [0.25, 0.3) is 6.08 Å². The van der Waals surface area contributed by atoms with Gasteiger partial charge in [0.2, 0.25) is 0 Å². The third-order valence-corrected chi connectivity index (χ3v) is 8.87. The van der Waals surface area contributed by atoms with Gasteiger partial charge in [0.1, 0.15) is 0 Å². The first-order valence-electron chi connectivity index (χ1n) is 8.21. The highest BCUT2D eigenvalue weighted by atomic mass is 28.4. The lowest BCUT2D eigenvalue weighted by Gasteiger charge is -2.39. The molecule has 0 aliphatic heterocycles. The Morgan fingerprint density at radius 3 is 2.09 bits per heavy atom. The van der Waals surface area contributed by atoms with Crippen molar-refractivity contribution in [1.29, 1.82) is 0 Å². The lowest BCUT2D eigenvalue weighted by molar-refractivity contribution is 0.177. The maximum atomic E-state index is 6.53. The zero-order chi connectivity index (χ0) is 16.8. The minimum Gasteiger partial charge on any atom is -0.410 e. The van der Waals surface area contributed by atoms with Crippen molar-refractivity contribution >= 4 is 14.4 Å². The predicted molar refractivity (Wildman–Crippen MR) is 102 cm³/mol. The maximum absolute atomic E-state index is 6.53. The van der Waals surface area contributed by atoms with Gasteiger partial charge in [-0.05, 0) is 29.6 Å². The Labute approximate surface area is 138 Å². The van der Waals surface area contributed by atoms with Gasteiger partial charge in [-0.2, -0.15) is 0 Å². The van der Waals surface area contributed by atoms with Crippen LogP contribution in [-0.4, -0.2) is 14.4 Å². The van der Waals surface area contributed by atoms with Crippen molar-refractivity contribution in [1.82, 2.24) is 0 Å².